The topological polar surface area (TPSA) is 54.5 Å². The van der Waals surface area contributed by atoms with Crippen LogP contribution < -0.4 is 0 Å². The summed E-state index contributed by atoms with van der Waals surface area (Å²) < 4.78 is 22.2. The fourth-order valence-corrected chi connectivity index (χ4v) is 1.87. The number of nitrogens with zero attached hydrogens (tertiary/aromatic N) is 1. The first-order valence-electron chi connectivity index (χ1n) is 3.62. The van der Waals surface area contributed by atoms with Crippen molar-refractivity contribution in [3.8, 4) is 0 Å². The third-order valence-electron chi connectivity index (χ3n) is 1.33. The first-order chi connectivity index (χ1) is 5.39. The van der Waals surface area contributed by atoms with Crippen molar-refractivity contribution < 1.29 is 13.2 Å². The van der Waals surface area contributed by atoms with Gasteiger partial charge in [0, 0.05) is 24.2 Å². The van der Waals surface area contributed by atoms with Crippen molar-refractivity contribution in [2.45, 2.75) is 26.7 Å². The summed E-state index contributed by atoms with van der Waals surface area (Å²) in [6.07, 6.45) is 1.45. The fraction of sp³-hybridized carbons (Fsp3) is 0.833. The number of hydrogen-bond donors (Lipinski definition) is 0. The zero-order chi connectivity index (χ0) is 9.78. The van der Waals surface area contributed by atoms with Gasteiger partial charge in [-0.2, -0.15) is 8.42 Å². The van der Waals surface area contributed by atoms with Crippen molar-refractivity contribution in [1.82, 2.24) is 4.31 Å². The minimum Gasteiger partial charge on any atom is -0.274 e. The Bertz CT molecular complexity index is 250. The summed E-state index contributed by atoms with van der Waals surface area (Å²) in [6.45, 7) is 3.24. The molecule has 0 atom stereocenters. The molecule has 0 aliphatic carbocycles. The maximum atomic E-state index is 10.8. The van der Waals surface area contributed by atoms with Crippen LogP contribution >= 0.6 is 10.7 Å². The molecule has 0 spiro atoms. The van der Waals surface area contributed by atoms with Gasteiger partial charge in [-0.1, -0.05) is 13.3 Å². The molecule has 0 aliphatic heterocycles. The van der Waals surface area contributed by atoms with Crippen molar-refractivity contribution >= 4 is 25.8 Å². The van der Waals surface area contributed by atoms with Crippen molar-refractivity contribution in [3.63, 3.8) is 0 Å². The van der Waals surface area contributed by atoms with Gasteiger partial charge in [0.15, 0.2) is 0 Å². The van der Waals surface area contributed by atoms with E-state index < -0.39 is 15.1 Å². The third-order valence-corrected chi connectivity index (χ3v) is 2.80. The predicted molar refractivity (Wildman–Crippen MR) is 47.1 cm³/mol. The zero-order valence-electron chi connectivity index (χ0n) is 7.08. The molecule has 0 radical (unpaired) electrons. The second-order valence-electron chi connectivity index (χ2n) is 2.39. The summed E-state index contributed by atoms with van der Waals surface area (Å²) in [7, 11) is 1.13. The van der Waals surface area contributed by atoms with E-state index in [4.69, 9.17) is 10.7 Å². The Kier molecular flexibility index (Phi) is 4.55. The first-order valence-corrected chi connectivity index (χ1v) is 5.89. The van der Waals surface area contributed by atoms with Gasteiger partial charge < -0.3 is 0 Å². The number of hydrogen-bond acceptors (Lipinski definition) is 3. The van der Waals surface area contributed by atoms with E-state index in [1.54, 1.807) is 0 Å². The normalized spacial score (nSPS) is 11.2. The molecule has 0 saturated carbocycles. The largest absolute Gasteiger partial charge is 0.323 e. The molecule has 0 rings (SSSR count). The predicted octanol–water partition coefficient (Wildman–Crippen LogP) is 1.12. The summed E-state index contributed by atoms with van der Waals surface area (Å²) in [5.74, 6) is -0.543. The van der Waals surface area contributed by atoms with E-state index in [-0.39, 0.29) is 6.54 Å². The standard InChI is InChI=1S/C6H12ClNO3S/c1-3-4-5-8(6(2)9)12(7,10)11/h3-5H2,1-2H3. The summed E-state index contributed by atoms with van der Waals surface area (Å²) in [4.78, 5) is 10.8. The lowest BCUT2D eigenvalue weighted by molar-refractivity contribution is -0.124. The van der Waals surface area contributed by atoms with Crippen molar-refractivity contribution in [2.24, 2.45) is 0 Å². The van der Waals surface area contributed by atoms with Gasteiger partial charge in [-0.3, -0.25) is 4.79 Å². The Morgan fingerprint density at radius 1 is 1.50 bits per heavy atom. The van der Waals surface area contributed by atoms with Crippen LogP contribution in [0.15, 0.2) is 0 Å². The van der Waals surface area contributed by atoms with Gasteiger partial charge in [0.1, 0.15) is 0 Å². The molecule has 6 heteroatoms. The molecule has 1 amide bonds. The molecule has 12 heavy (non-hydrogen) atoms. The Balaban J connectivity index is 4.36. The number of unbranched alkanes of at least 4 members (excludes halogenated alkanes) is 1. The molecule has 0 saturated heterocycles. The Morgan fingerprint density at radius 2 is 2.00 bits per heavy atom. The number of carbonyl (C=O) groups excluding carboxylic acids is 1. The van der Waals surface area contributed by atoms with E-state index in [1.165, 1.54) is 6.92 Å². The van der Waals surface area contributed by atoms with Crippen LogP contribution in [-0.2, 0) is 14.0 Å². The quantitative estimate of drug-likeness (QED) is 0.658. The lowest BCUT2D eigenvalue weighted by Gasteiger charge is -2.15. The molecule has 0 aromatic carbocycles. The van der Waals surface area contributed by atoms with Crippen LogP contribution in [0.5, 0.6) is 0 Å². The highest BCUT2D eigenvalue weighted by Crippen LogP contribution is 2.08. The van der Waals surface area contributed by atoms with Crippen LogP contribution in [0.3, 0.4) is 0 Å². The van der Waals surface area contributed by atoms with E-state index in [1.807, 2.05) is 6.92 Å². The van der Waals surface area contributed by atoms with Gasteiger partial charge in [0.05, 0.1) is 0 Å². The van der Waals surface area contributed by atoms with Crippen LogP contribution in [0.1, 0.15) is 26.7 Å². The molecule has 0 aromatic rings. The van der Waals surface area contributed by atoms with Crippen LogP contribution in [0.25, 0.3) is 0 Å². The molecule has 0 bridgehead atoms. The number of rotatable bonds is 4. The number of halogens is 1. The van der Waals surface area contributed by atoms with Crippen LogP contribution in [0.4, 0.5) is 0 Å². The summed E-state index contributed by atoms with van der Waals surface area (Å²) >= 11 is 0. The summed E-state index contributed by atoms with van der Waals surface area (Å²) in [5, 5.41) is 0. The van der Waals surface area contributed by atoms with E-state index in [0.29, 0.717) is 10.7 Å². The molecule has 4 nitrogen and oxygen atoms in total. The molecule has 0 fully saturated rings. The minimum atomic E-state index is -3.88. The van der Waals surface area contributed by atoms with Gasteiger partial charge >= 0.3 is 9.24 Å². The van der Waals surface area contributed by atoms with Gasteiger partial charge in [-0.25, -0.2) is 4.31 Å². The van der Waals surface area contributed by atoms with E-state index >= 15 is 0 Å². The molecular formula is C6H12ClNO3S. The molecular weight excluding hydrogens is 202 g/mol. The molecule has 0 aliphatic rings. The summed E-state index contributed by atoms with van der Waals surface area (Å²) in [6, 6.07) is 0. The minimum absolute atomic E-state index is 0.164. The lowest BCUT2D eigenvalue weighted by atomic mass is 10.3. The number of carbonyl (C=O) groups is 1. The Labute approximate surface area is 77.1 Å². The van der Waals surface area contributed by atoms with E-state index in [2.05, 4.69) is 0 Å². The maximum Gasteiger partial charge on any atom is 0.323 e. The maximum absolute atomic E-state index is 10.8. The second-order valence-corrected chi connectivity index (χ2v) is 4.82. The first kappa shape index (κ1) is 11.7. The van der Waals surface area contributed by atoms with E-state index in [9.17, 15) is 13.2 Å². The smallest absolute Gasteiger partial charge is 0.274 e. The monoisotopic (exact) mass is 213 g/mol. The average molecular weight is 214 g/mol. The van der Waals surface area contributed by atoms with Gasteiger partial charge in [0.25, 0.3) is 0 Å². The van der Waals surface area contributed by atoms with Gasteiger partial charge in [0.2, 0.25) is 5.91 Å². The average Bonchev–Trinajstić information content (AvgIpc) is 1.84. The van der Waals surface area contributed by atoms with Crippen LogP contribution in [0, 0.1) is 0 Å². The highest BCUT2D eigenvalue weighted by atomic mass is 35.7. The molecule has 0 aromatic heterocycles. The van der Waals surface area contributed by atoms with Crippen LogP contribution in [-0.4, -0.2) is 25.2 Å². The third kappa shape index (κ3) is 3.92. The number of amides is 1. The van der Waals surface area contributed by atoms with Crippen molar-refractivity contribution in [2.75, 3.05) is 6.54 Å². The molecule has 0 unspecified atom stereocenters. The SMILES string of the molecule is CCCCN(C(C)=O)S(=O)(=O)Cl. The highest BCUT2D eigenvalue weighted by Gasteiger charge is 2.20. The van der Waals surface area contributed by atoms with E-state index in [0.717, 1.165) is 6.42 Å². The highest BCUT2D eigenvalue weighted by molar-refractivity contribution is 8.12. The van der Waals surface area contributed by atoms with Crippen LogP contribution in [0.2, 0.25) is 0 Å². The van der Waals surface area contributed by atoms with Crippen molar-refractivity contribution in [1.29, 1.82) is 0 Å². The molecule has 0 heterocycles. The Hall–Kier alpha value is -0.290. The Morgan fingerprint density at radius 3 is 2.25 bits per heavy atom. The summed E-state index contributed by atoms with van der Waals surface area (Å²) in [5.41, 5.74) is 0. The van der Waals surface area contributed by atoms with Crippen molar-refractivity contribution in [3.05, 3.63) is 0 Å². The molecule has 0 N–H and O–H groups in total. The lowest BCUT2D eigenvalue weighted by Crippen LogP contribution is -2.32. The zero-order valence-corrected chi connectivity index (χ0v) is 8.65. The van der Waals surface area contributed by atoms with Gasteiger partial charge in [-0.15, -0.1) is 0 Å². The van der Waals surface area contributed by atoms with Gasteiger partial charge in [-0.05, 0) is 6.42 Å². The second kappa shape index (κ2) is 4.67. The fourth-order valence-electron chi connectivity index (χ4n) is 0.722. The molecule has 72 valence electrons.